The summed E-state index contributed by atoms with van der Waals surface area (Å²) in [6, 6.07) is 0. The summed E-state index contributed by atoms with van der Waals surface area (Å²) in [5.74, 6) is 5.58. The van der Waals surface area contributed by atoms with Crippen molar-refractivity contribution >= 4 is 0 Å². The summed E-state index contributed by atoms with van der Waals surface area (Å²) in [5.41, 5.74) is 0.114. The normalized spacial score (nSPS) is 56.6. The number of aliphatic hydroxyl groups excluding tert-OH is 3. The summed E-state index contributed by atoms with van der Waals surface area (Å²) < 4.78 is 0. The lowest BCUT2D eigenvalue weighted by atomic mass is 9.43. The van der Waals surface area contributed by atoms with E-state index in [-0.39, 0.29) is 35.1 Å². The summed E-state index contributed by atoms with van der Waals surface area (Å²) in [7, 11) is 0. The molecule has 5 aliphatic carbocycles. The molecule has 184 valence electrons. The van der Waals surface area contributed by atoms with E-state index in [1.807, 2.05) is 0 Å². The lowest BCUT2D eigenvalue weighted by Crippen LogP contribution is -2.59. The van der Waals surface area contributed by atoms with E-state index in [4.69, 9.17) is 0 Å². The molecule has 0 radical (unpaired) electrons. The molecule has 3 N–H and O–H groups in total. The lowest BCUT2D eigenvalue weighted by molar-refractivity contribution is -0.176. The highest BCUT2D eigenvalue weighted by molar-refractivity contribution is 5.14. The molecule has 5 rings (SSSR count). The van der Waals surface area contributed by atoms with E-state index < -0.39 is 0 Å². The summed E-state index contributed by atoms with van der Waals surface area (Å²) >= 11 is 0. The number of fused-ring (bicyclic) bond motifs is 5. The monoisotopic (exact) mass is 446 g/mol. The fourth-order valence-electron chi connectivity index (χ4n) is 10.3. The molecule has 0 aromatic carbocycles. The molecule has 14 atom stereocenters. The molecule has 32 heavy (non-hydrogen) atoms. The summed E-state index contributed by atoms with van der Waals surface area (Å²) in [4.78, 5) is 0. The number of rotatable bonds is 5. The van der Waals surface area contributed by atoms with E-state index >= 15 is 0 Å². The maximum absolute atomic E-state index is 11.7. The fourth-order valence-corrected chi connectivity index (χ4v) is 10.3. The van der Waals surface area contributed by atoms with E-state index in [0.29, 0.717) is 29.6 Å². The molecule has 5 aliphatic rings. The van der Waals surface area contributed by atoms with Crippen LogP contribution in [0.25, 0.3) is 0 Å². The topological polar surface area (TPSA) is 60.7 Å². The third kappa shape index (κ3) is 3.54. The average Bonchev–Trinajstić information content (AvgIpc) is 3.40. The molecule has 3 nitrogen and oxygen atoms in total. The van der Waals surface area contributed by atoms with Crippen LogP contribution in [-0.2, 0) is 0 Å². The van der Waals surface area contributed by atoms with Crippen LogP contribution in [0, 0.1) is 64.1 Å². The Hall–Kier alpha value is -0.120. The molecule has 3 heteroatoms. The molecule has 0 heterocycles. The van der Waals surface area contributed by atoms with Crippen LogP contribution in [-0.4, -0.2) is 33.6 Å². The molecule has 0 saturated heterocycles. The molecular formula is C29H50O3. The van der Waals surface area contributed by atoms with Gasteiger partial charge < -0.3 is 15.3 Å². The standard InChI is InChI=1S/C29H50O3/c1-16(22-12-18(22)3)6-7-17(2)27-25(31)14-24-21-9-8-19-13-20(30)10-11-28(19,4)23(21)15-26(32)29(24,27)5/h16-27,30-32H,6-15H2,1-5H3/t16-,17-,18-,19+,20-,21-,22+,23+,24+,25-,26-,27+,28+,29-/m1/s1. The van der Waals surface area contributed by atoms with Crippen molar-refractivity contribution in [1.29, 1.82) is 0 Å². The highest BCUT2D eigenvalue weighted by Crippen LogP contribution is 2.68. The molecule has 5 saturated carbocycles. The van der Waals surface area contributed by atoms with Gasteiger partial charge in [-0.2, -0.15) is 0 Å². The van der Waals surface area contributed by atoms with Crippen LogP contribution in [0.4, 0.5) is 0 Å². The van der Waals surface area contributed by atoms with E-state index in [0.717, 1.165) is 49.9 Å². The summed E-state index contributed by atoms with van der Waals surface area (Å²) in [6.07, 6.45) is 10.4. The van der Waals surface area contributed by atoms with Crippen molar-refractivity contribution < 1.29 is 15.3 Å². The second-order valence-electron chi connectivity index (χ2n) is 13.9. The minimum absolute atomic E-state index is 0.122. The van der Waals surface area contributed by atoms with Crippen molar-refractivity contribution in [2.45, 2.75) is 117 Å². The molecule has 0 aromatic rings. The van der Waals surface area contributed by atoms with E-state index in [1.165, 1.54) is 32.1 Å². The maximum atomic E-state index is 11.7. The van der Waals surface area contributed by atoms with E-state index in [9.17, 15) is 15.3 Å². The Morgan fingerprint density at radius 3 is 2.22 bits per heavy atom. The Bertz CT molecular complexity index is 694. The Morgan fingerprint density at radius 2 is 1.53 bits per heavy atom. The molecule has 0 unspecified atom stereocenters. The van der Waals surface area contributed by atoms with Crippen molar-refractivity contribution in [3.63, 3.8) is 0 Å². The van der Waals surface area contributed by atoms with Crippen LogP contribution in [0.2, 0.25) is 0 Å². The van der Waals surface area contributed by atoms with Crippen LogP contribution in [0.1, 0.15) is 98.8 Å². The third-order valence-corrected chi connectivity index (χ3v) is 12.4. The van der Waals surface area contributed by atoms with Gasteiger partial charge in [0.2, 0.25) is 0 Å². The van der Waals surface area contributed by atoms with Crippen LogP contribution in [0.3, 0.4) is 0 Å². The predicted octanol–water partition coefficient (Wildman–Crippen LogP) is 5.66. The zero-order valence-corrected chi connectivity index (χ0v) is 21.3. The van der Waals surface area contributed by atoms with Crippen molar-refractivity contribution in [3.8, 4) is 0 Å². The van der Waals surface area contributed by atoms with E-state index in [2.05, 4.69) is 34.6 Å². The zero-order valence-electron chi connectivity index (χ0n) is 21.3. The Morgan fingerprint density at radius 1 is 0.844 bits per heavy atom. The quantitative estimate of drug-likeness (QED) is 0.511. The highest BCUT2D eigenvalue weighted by atomic mass is 16.3. The molecular weight excluding hydrogens is 396 g/mol. The first kappa shape index (κ1) is 23.6. The zero-order chi connectivity index (χ0) is 23.0. The number of hydrogen-bond acceptors (Lipinski definition) is 3. The SMILES string of the molecule is C[C@H](CC[C@@H](C)[C@H]1[C@H](O)C[C@H]2[C@@H]3CC[C@H]4C[C@H](O)CC[C@]4(C)[C@H]3C[C@@H](O)[C@]12C)[C@@H]1C[C@H]1C. The van der Waals surface area contributed by atoms with Crippen molar-refractivity contribution in [2.24, 2.45) is 64.1 Å². The van der Waals surface area contributed by atoms with Gasteiger partial charge >= 0.3 is 0 Å². The van der Waals surface area contributed by atoms with Gasteiger partial charge in [0, 0.05) is 5.41 Å². The van der Waals surface area contributed by atoms with E-state index in [1.54, 1.807) is 0 Å². The first-order valence-corrected chi connectivity index (χ1v) is 14.1. The smallest absolute Gasteiger partial charge is 0.0603 e. The lowest BCUT2D eigenvalue weighted by Gasteiger charge is -2.62. The van der Waals surface area contributed by atoms with Gasteiger partial charge in [0.1, 0.15) is 0 Å². The van der Waals surface area contributed by atoms with Gasteiger partial charge in [-0.15, -0.1) is 0 Å². The number of aliphatic hydroxyl groups is 3. The van der Waals surface area contributed by atoms with Crippen LogP contribution >= 0.6 is 0 Å². The second-order valence-corrected chi connectivity index (χ2v) is 13.9. The summed E-state index contributed by atoms with van der Waals surface area (Å²) in [5, 5.41) is 33.4. The maximum Gasteiger partial charge on any atom is 0.0603 e. The minimum atomic E-state index is -0.304. The van der Waals surface area contributed by atoms with Gasteiger partial charge in [-0.3, -0.25) is 0 Å². The largest absolute Gasteiger partial charge is 0.393 e. The second kappa shape index (κ2) is 8.23. The van der Waals surface area contributed by atoms with Gasteiger partial charge in [0.25, 0.3) is 0 Å². The first-order valence-electron chi connectivity index (χ1n) is 14.1. The Labute approximate surface area is 196 Å². The Balaban J connectivity index is 1.34. The highest BCUT2D eigenvalue weighted by Gasteiger charge is 2.65. The molecule has 0 spiro atoms. The van der Waals surface area contributed by atoms with Crippen LogP contribution in [0.15, 0.2) is 0 Å². The average molecular weight is 447 g/mol. The van der Waals surface area contributed by atoms with Crippen LogP contribution < -0.4 is 0 Å². The molecule has 0 amide bonds. The minimum Gasteiger partial charge on any atom is -0.393 e. The number of hydrogen-bond donors (Lipinski definition) is 3. The first-order chi connectivity index (χ1) is 15.1. The molecule has 0 aromatic heterocycles. The Kier molecular flexibility index (Phi) is 6.07. The van der Waals surface area contributed by atoms with Gasteiger partial charge in [-0.1, -0.05) is 47.5 Å². The third-order valence-electron chi connectivity index (χ3n) is 12.4. The van der Waals surface area contributed by atoms with Crippen LogP contribution in [0.5, 0.6) is 0 Å². The fraction of sp³-hybridized carbons (Fsp3) is 1.00. The van der Waals surface area contributed by atoms with Crippen molar-refractivity contribution in [1.82, 2.24) is 0 Å². The molecule has 0 bridgehead atoms. The molecule has 0 aliphatic heterocycles. The van der Waals surface area contributed by atoms with Crippen molar-refractivity contribution in [2.75, 3.05) is 0 Å². The van der Waals surface area contributed by atoms with Gasteiger partial charge in [0.05, 0.1) is 18.3 Å². The van der Waals surface area contributed by atoms with Gasteiger partial charge in [-0.05, 0) is 110 Å². The molecule has 5 fully saturated rings. The van der Waals surface area contributed by atoms with Crippen molar-refractivity contribution in [3.05, 3.63) is 0 Å². The summed E-state index contributed by atoms with van der Waals surface area (Å²) in [6.45, 7) is 12.0. The van der Waals surface area contributed by atoms with Gasteiger partial charge in [0.15, 0.2) is 0 Å². The predicted molar refractivity (Wildman–Crippen MR) is 129 cm³/mol. The van der Waals surface area contributed by atoms with Gasteiger partial charge in [-0.25, -0.2) is 0 Å².